The second-order valence-corrected chi connectivity index (χ2v) is 4.78. The van der Waals surface area contributed by atoms with Gasteiger partial charge in [-0.05, 0) is 37.6 Å². The molecule has 1 aromatic carbocycles. The van der Waals surface area contributed by atoms with Gasteiger partial charge in [-0.3, -0.25) is 15.0 Å². The predicted octanol–water partition coefficient (Wildman–Crippen LogP) is 1.30. The van der Waals surface area contributed by atoms with Crippen LogP contribution in [-0.2, 0) is 7.05 Å². The monoisotopic (exact) mass is 303 g/mol. The largest absolute Gasteiger partial charge is 0.491 e. The van der Waals surface area contributed by atoms with Crippen molar-refractivity contribution in [2.45, 2.75) is 13.8 Å². The number of pyridine rings is 1. The van der Waals surface area contributed by atoms with Crippen molar-refractivity contribution in [2.24, 2.45) is 12.9 Å². The van der Waals surface area contributed by atoms with Gasteiger partial charge in [0.05, 0.1) is 7.11 Å². The third-order valence-corrected chi connectivity index (χ3v) is 3.07. The van der Waals surface area contributed by atoms with E-state index in [1.165, 1.54) is 11.7 Å². The SMILES string of the molecule is COc1cccn(C)c1=O.Cc1ccc(C(=O)NN)c(C)c1. The molecule has 22 heavy (non-hydrogen) atoms. The zero-order valence-electron chi connectivity index (χ0n) is 13.2. The Balaban J connectivity index is 0.000000224. The first-order chi connectivity index (χ1) is 10.4. The molecule has 6 heteroatoms. The lowest BCUT2D eigenvalue weighted by Gasteiger charge is -2.04. The number of nitrogens with two attached hydrogens (primary N) is 1. The molecular weight excluding hydrogens is 282 g/mol. The number of benzene rings is 1. The summed E-state index contributed by atoms with van der Waals surface area (Å²) in [4.78, 5) is 22.1. The fourth-order valence-corrected chi connectivity index (χ4v) is 1.87. The van der Waals surface area contributed by atoms with Crippen LogP contribution in [0.25, 0.3) is 0 Å². The van der Waals surface area contributed by atoms with Gasteiger partial charge in [0.15, 0.2) is 5.75 Å². The molecule has 0 radical (unpaired) electrons. The van der Waals surface area contributed by atoms with Crippen LogP contribution in [0.1, 0.15) is 21.5 Å². The number of rotatable bonds is 2. The average molecular weight is 303 g/mol. The van der Waals surface area contributed by atoms with E-state index in [-0.39, 0.29) is 11.5 Å². The van der Waals surface area contributed by atoms with Crippen molar-refractivity contribution in [3.8, 4) is 5.75 Å². The van der Waals surface area contributed by atoms with Crippen molar-refractivity contribution in [2.75, 3.05) is 7.11 Å². The topological polar surface area (TPSA) is 86.3 Å². The molecule has 6 nitrogen and oxygen atoms in total. The Labute approximate surface area is 129 Å². The molecule has 0 fully saturated rings. The molecule has 118 valence electrons. The number of ether oxygens (including phenoxy) is 1. The summed E-state index contributed by atoms with van der Waals surface area (Å²) in [6.45, 7) is 3.87. The van der Waals surface area contributed by atoms with Crippen LogP contribution in [-0.4, -0.2) is 17.6 Å². The van der Waals surface area contributed by atoms with E-state index >= 15 is 0 Å². The lowest BCUT2D eigenvalue weighted by atomic mass is 10.1. The van der Waals surface area contributed by atoms with E-state index in [0.717, 1.165) is 11.1 Å². The van der Waals surface area contributed by atoms with E-state index in [4.69, 9.17) is 10.6 Å². The number of carbonyl (C=O) groups excluding carboxylic acids is 1. The predicted molar refractivity (Wildman–Crippen MR) is 85.8 cm³/mol. The summed E-state index contributed by atoms with van der Waals surface area (Å²) >= 11 is 0. The van der Waals surface area contributed by atoms with Gasteiger partial charge in [0.2, 0.25) is 0 Å². The molecule has 2 rings (SSSR count). The standard InChI is InChI=1S/C9H12N2O.C7H9NO2/c1-6-3-4-8(7(2)5-6)9(12)11-10;1-8-5-3-4-6(10-2)7(8)9/h3-5H,10H2,1-2H3,(H,11,12);3-5H,1-2H3. The fraction of sp³-hybridized carbons (Fsp3) is 0.250. The second kappa shape index (κ2) is 7.99. The van der Waals surface area contributed by atoms with E-state index in [1.807, 2.05) is 26.0 Å². The number of methoxy groups -OCH3 is 1. The van der Waals surface area contributed by atoms with Gasteiger partial charge in [0.1, 0.15) is 0 Å². The number of carbonyl (C=O) groups is 1. The van der Waals surface area contributed by atoms with Crippen LogP contribution in [0.4, 0.5) is 0 Å². The first kappa shape index (κ1) is 17.5. The number of hydrogen-bond acceptors (Lipinski definition) is 4. The van der Waals surface area contributed by atoms with Crippen molar-refractivity contribution < 1.29 is 9.53 Å². The molecule has 0 atom stereocenters. The molecule has 0 saturated heterocycles. The Bertz CT molecular complexity index is 708. The maximum absolute atomic E-state index is 11.1. The van der Waals surface area contributed by atoms with Gasteiger partial charge >= 0.3 is 0 Å². The van der Waals surface area contributed by atoms with Crippen LogP contribution in [0.2, 0.25) is 0 Å². The lowest BCUT2D eigenvalue weighted by Crippen LogP contribution is -2.30. The third kappa shape index (κ3) is 4.46. The number of nitrogens with one attached hydrogen (secondary N) is 1. The average Bonchev–Trinajstić information content (AvgIpc) is 2.50. The minimum absolute atomic E-state index is 0.106. The van der Waals surface area contributed by atoms with E-state index in [0.29, 0.717) is 11.3 Å². The molecule has 3 N–H and O–H groups in total. The highest BCUT2D eigenvalue weighted by atomic mass is 16.5. The van der Waals surface area contributed by atoms with Crippen molar-refractivity contribution in [3.63, 3.8) is 0 Å². The number of amides is 1. The maximum Gasteiger partial charge on any atom is 0.292 e. The van der Waals surface area contributed by atoms with E-state index in [9.17, 15) is 9.59 Å². The van der Waals surface area contributed by atoms with Gasteiger partial charge in [-0.2, -0.15) is 0 Å². The number of aryl methyl sites for hydroxylation is 3. The Morgan fingerprint density at radius 1 is 1.27 bits per heavy atom. The Kier molecular flexibility index (Phi) is 6.34. The molecule has 0 bridgehead atoms. The molecule has 2 aromatic rings. The molecule has 1 aromatic heterocycles. The van der Waals surface area contributed by atoms with Gasteiger partial charge in [-0.15, -0.1) is 0 Å². The number of aromatic nitrogens is 1. The molecule has 0 aliphatic rings. The first-order valence-corrected chi connectivity index (χ1v) is 6.68. The van der Waals surface area contributed by atoms with Crippen molar-refractivity contribution in [1.29, 1.82) is 0 Å². The summed E-state index contributed by atoms with van der Waals surface area (Å²) in [5.41, 5.74) is 4.71. The summed E-state index contributed by atoms with van der Waals surface area (Å²) < 4.78 is 6.26. The highest BCUT2D eigenvalue weighted by Gasteiger charge is 2.05. The minimum atomic E-state index is -0.243. The summed E-state index contributed by atoms with van der Waals surface area (Å²) in [5.74, 6) is 5.15. The molecular formula is C16H21N3O3. The van der Waals surface area contributed by atoms with Gasteiger partial charge in [-0.25, -0.2) is 5.84 Å². The minimum Gasteiger partial charge on any atom is -0.491 e. The quantitative estimate of drug-likeness (QED) is 0.497. The number of nitrogens with zero attached hydrogens (tertiary/aromatic N) is 1. The van der Waals surface area contributed by atoms with Gasteiger partial charge in [-0.1, -0.05) is 17.7 Å². The van der Waals surface area contributed by atoms with Crippen LogP contribution < -0.4 is 21.6 Å². The summed E-state index contributed by atoms with van der Waals surface area (Å²) in [5, 5.41) is 0. The van der Waals surface area contributed by atoms with Gasteiger partial charge in [0.25, 0.3) is 11.5 Å². The zero-order chi connectivity index (χ0) is 16.7. The van der Waals surface area contributed by atoms with Crippen LogP contribution in [0.15, 0.2) is 41.3 Å². The molecule has 1 amide bonds. The van der Waals surface area contributed by atoms with Crippen molar-refractivity contribution >= 4 is 5.91 Å². The normalized spacial score (nSPS) is 9.50. The van der Waals surface area contributed by atoms with E-state index in [1.54, 1.807) is 31.4 Å². The van der Waals surface area contributed by atoms with Crippen LogP contribution in [0.3, 0.4) is 0 Å². The lowest BCUT2D eigenvalue weighted by molar-refractivity contribution is 0.0953. The highest BCUT2D eigenvalue weighted by Crippen LogP contribution is 2.09. The summed E-state index contributed by atoms with van der Waals surface area (Å²) in [7, 11) is 3.17. The highest BCUT2D eigenvalue weighted by molar-refractivity contribution is 5.95. The molecule has 0 spiro atoms. The van der Waals surface area contributed by atoms with Crippen LogP contribution in [0, 0.1) is 13.8 Å². The molecule has 0 saturated carbocycles. The van der Waals surface area contributed by atoms with Crippen LogP contribution >= 0.6 is 0 Å². The third-order valence-electron chi connectivity index (χ3n) is 3.07. The van der Waals surface area contributed by atoms with Gasteiger partial charge < -0.3 is 9.30 Å². The molecule has 0 aliphatic heterocycles. The van der Waals surface area contributed by atoms with Crippen molar-refractivity contribution in [1.82, 2.24) is 9.99 Å². The molecule has 0 unspecified atom stereocenters. The zero-order valence-corrected chi connectivity index (χ0v) is 13.2. The van der Waals surface area contributed by atoms with Crippen molar-refractivity contribution in [3.05, 3.63) is 63.6 Å². The first-order valence-electron chi connectivity index (χ1n) is 6.68. The number of nitrogen functional groups attached to an aromatic ring is 1. The smallest absolute Gasteiger partial charge is 0.292 e. The molecule has 1 heterocycles. The Morgan fingerprint density at radius 2 is 1.95 bits per heavy atom. The van der Waals surface area contributed by atoms with E-state index in [2.05, 4.69) is 5.43 Å². The Morgan fingerprint density at radius 3 is 2.45 bits per heavy atom. The fourth-order valence-electron chi connectivity index (χ4n) is 1.87. The summed E-state index contributed by atoms with van der Waals surface area (Å²) in [6, 6.07) is 9.01. The van der Waals surface area contributed by atoms with Gasteiger partial charge in [0, 0.05) is 18.8 Å². The van der Waals surface area contributed by atoms with Crippen LogP contribution in [0.5, 0.6) is 5.75 Å². The molecule has 0 aliphatic carbocycles. The Hall–Kier alpha value is -2.60. The second-order valence-electron chi connectivity index (χ2n) is 4.78. The summed E-state index contributed by atoms with van der Waals surface area (Å²) in [6.07, 6.45) is 1.69. The maximum atomic E-state index is 11.1. The number of hydrazine groups is 1. The number of hydrogen-bond donors (Lipinski definition) is 2. The van der Waals surface area contributed by atoms with E-state index < -0.39 is 0 Å².